The van der Waals surface area contributed by atoms with Crippen LogP contribution in [0.5, 0.6) is 0 Å². The van der Waals surface area contributed by atoms with Gasteiger partial charge in [-0.15, -0.1) is 0 Å². The van der Waals surface area contributed by atoms with Gasteiger partial charge >= 0.3 is 0 Å². The van der Waals surface area contributed by atoms with Crippen molar-refractivity contribution in [3.05, 3.63) is 0 Å². The molecule has 7 nitrogen and oxygen atoms in total. The summed E-state index contributed by atoms with van der Waals surface area (Å²) in [6.45, 7) is 5.63. The van der Waals surface area contributed by atoms with E-state index >= 15 is 0 Å². The lowest BCUT2D eigenvalue weighted by Crippen LogP contribution is -2.27. The average molecular weight is 296 g/mol. The zero-order chi connectivity index (χ0) is 14.4. The zero-order valence-electron chi connectivity index (χ0n) is 11.5. The first-order chi connectivity index (χ1) is 9.06. The van der Waals surface area contributed by atoms with Gasteiger partial charge in [0.25, 0.3) is 10.1 Å². The van der Waals surface area contributed by atoms with E-state index in [-0.39, 0.29) is 5.75 Å². The summed E-state index contributed by atoms with van der Waals surface area (Å²) in [5, 5.41) is 9.58. The SMILES string of the molecule is NCCCNCCCNCCCNCCS(=O)(=O)O. The summed E-state index contributed by atoms with van der Waals surface area (Å²) in [4.78, 5) is 0. The van der Waals surface area contributed by atoms with Gasteiger partial charge in [-0.25, -0.2) is 0 Å². The first-order valence-electron chi connectivity index (χ1n) is 6.83. The molecule has 0 heterocycles. The van der Waals surface area contributed by atoms with E-state index in [0.717, 1.165) is 58.5 Å². The molecular formula is C11H28N4O3S. The normalized spacial score (nSPS) is 11.9. The Bertz CT molecular complexity index is 286. The van der Waals surface area contributed by atoms with Gasteiger partial charge in [0.05, 0.1) is 5.75 Å². The Morgan fingerprint density at radius 2 is 1.21 bits per heavy atom. The monoisotopic (exact) mass is 296 g/mol. The van der Waals surface area contributed by atoms with Crippen molar-refractivity contribution in [3.63, 3.8) is 0 Å². The summed E-state index contributed by atoms with van der Waals surface area (Å²) in [6.07, 6.45) is 3.04. The molecule has 0 rings (SSSR count). The molecule has 0 unspecified atom stereocenters. The quantitative estimate of drug-likeness (QED) is 0.201. The summed E-state index contributed by atoms with van der Waals surface area (Å²) < 4.78 is 29.3. The summed E-state index contributed by atoms with van der Waals surface area (Å²) in [6, 6.07) is 0. The number of rotatable bonds is 14. The highest BCUT2D eigenvalue weighted by atomic mass is 32.2. The fraction of sp³-hybridized carbons (Fsp3) is 1.00. The second-order valence-electron chi connectivity index (χ2n) is 4.39. The third-order valence-electron chi connectivity index (χ3n) is 2.51. The molecule has 0 aliphatic rings. The van der Waals surface area contributed by atoms with E-state index in [1.807, 2.05) is 0 Å². The minimum Gasteiger partial charge on any atom is -0.330 e. The van der Waals surface area contributed by atoms with Gasteiger partial charge in [0, 0.05) is 6.54 Å². The fourth-order valence-corrected chi connectivity index (χ4v) is 1.88. The Labute approximate surface area is 116 Å². The van der Waals surface area contributed by atoms with Gasteiger partial charge in [-0.05, 0) is 58.5 Å². The van der Waals surface area contributed by atoms with Crippen LogP contribution < -0.4 is 21.7 Å². The van der Waals surface area contributed by atoms with Crippen LogP contribution in [0.4, 0.5) is 0 Å². The maximum absolute atomic E-state index is 10.4. The van der Waals surface area contributed by atoms with E-state index in [0.29, 0.717) is 6.54 Å². The van der Waals surface area contributed by atoms with E-state index in [1.54, 1.807) is 0 Å². The molecule has 0 aromatic carbocycles. The molecule has 0 atom stereocenters. The first kappa shape index (κ1) is 18.8. The van der Waals surface area contributed by atoms with Gasteiger partial charge in [0.2, 0.25) is 0 Å². The maximum Gasteiger partial charge on any atom is 0.266 e. The lowest BCUT2D eigenvalue weighted by molar-refractivity contribution is 0.480. The standard InChI is InChI=1S/C11H28N4O3S/c12-4-1-5-13-6-2-7-14-8-3-9-15-10-11-19(16,17)18/h13-15H,1-12H2,(H,16,17,18). The number of nitrogens with one attached hydrogen (secondary N) is 3. The van der Waals surface area contributed by atoms with Crippen LogP contribution in [-0.2, 0) is 10.1 Å². The number of hydrogen-bond donors (Lipinski definition) is 5. The molecule has 0 amide bonds. The topological polar surface area (TPSA) is 116 Å². The van der Waals surface area contributed by atoms with Crippen molar-refractivity contribution in [1.29, 1.82) is 0 Å². The smallest absolute Gasteiger partial charge is 0.266 e. The third-order valence-corrected chi connectivity index (χ3v) is 3.23. The molecule has 8 heteroatoms. The molecule has 0 saturated carbocycles. The third kappa shape index (κ3) is 17.8. The van der Waals surface area contributed by atoms with Gasteiger partial charge < -0.3 is 21.7 Å². The van der Waals surface area contributed by atoms with Crippen LogP contribution in [0.15, 0.2) is 0 Å². The van der Waals surface area contributed by atoms with Crippen molar-refractivity contribution >= 4 is 10.1 Å². The highest BCUT2D eigenvalue weighted by Gasteiger charge is 2.01. The van der Waals surface area contributed by atoms with Crippen molar-refractivity contribution in [2.75, 3.05) is 51.6 Å². The highest BCUT2D eigenvalue weighted by molar-refractivity contribution is 7.85. The Hall–Kier alpha value is -0.250. The van der Waals surface area contributed by atoms with Gasteiger partial charge in [-0.3, -0.25) is 4.55 Å². The van der Waals surface area contributed by atoms with Gasteiger partial charge in [0.15, 0.2) is 0 Å². The average Bonchev–Trinajstić information content (AvgIpc) is 2.34. The predicted octanol–water partition coefficient (Wildman–Crippen LogP) is -1.23. The molecule has 0 aliphatic carbocycles. The second kappa shape index (κ2) is 12.8. The van der Waals surface area contributed by atoms with Crippen molar-refractivity contribution in [1.82, 2.24) is 16.0 Å². The number of hydrogen-bond acceptors (Lipinski definition) is 6. The Balaban J connectivity index is 3.03. The van der Waals surface area contributed by atoms with Crippen LogP contribution in [0.1, 0.15) is 19.3 Å². The molecule has 0 spiro atoms. The fourth-order valence-electron chi connectivity index (χ4n) is 1.48. The van der Waals surface area contributed by atoms with Crippen LogP contribution >= 0.6 is 0 Å². The van der Waals surface area contributed by atoms with Crippen molar-refractivity contribution in [2.45, 2.75) is 19.3 Å². The van der Waals surface area contributed by atoms with E-state index in [4.69, 9.17) is 10.3 Å². The summed E-state index contributed by atoms with van der Waals surface area (Å²) in [7, 11) is -3.83. The molecule has 0 aromatic heterocycles. The molecule has 0 bridgehead atoms. The maximum atomic E-state index is 10.4. The van der Waals surface area contributed by atoms with E-state index in [1.165, 1.54) is 0 Å². The minimum atomic E-state index is -3.83. The lowest BCUT2D eigenvalue weighted by atomic mass is 10.3. The minimum absolute atomic E-state index is 0.227. The van der Waals surface area contributed by atoms with Crippen molar-refractivity contribution in [2.24, 2.45) is 5.73 Å². The largest absolute Gasteiger partial charge is 0.330 e. The van der Waals surface area contributed by atoms with Gasteiger partial charge in [0.1, 0.15) is 0 Å². The van der Waals surface area contributed by atoms with E-state index in [2.05, 4.69) is 16.0 Å². The highest BCUT2D eigenvalue weighted by Crippen LogP contribution is 1.81. The molecule has 116 valence electrons. The summed E-state index contributed by atoms with van der Waals surface area (Å²) in [5.41, 5.74) is 5.38. The molecule has 0 radical (unpaired) electrons. The molecular weight excluding hydrogens is 268 g/mol. The van der Waals surface area contributed by atoms with Crippen molar-refractivity contribution in [3.8, 4) is 0 Å². The number of nitrogens with two attached hydrogens (primary N) is 1. The Morgan fingerprint density at radius 1 is 0.789 bits per heavy atom. The molecule has 0 saturated heterocycles. The van der Waals surface area contributed by atoms with Gasteiger partial charge in [-0.2, -0.15) is 8.42 Å². The first-order valence-corrected chi connectivity index (χ1v) is 8.44. The van der Waals surface area contributed by atoms with Crippen molar-refractivity contribution < 1.29 is 13.0 Å². The van der Waals surface area contributed by atoms with Crippen LogP contribution in [0.3, 0.4) is 0 Å². The van der Waals surface area contributed by atoms with E-state index < -0.39 is 10.1 Å². The van der Waals surface area contributed by atoms with Crippen LogP contribution in [-0.4, -0.2) is 64.5 Å². The molecule has 0 fully saturated rings. The molecule has 6 N–H and O–H groups in total. The van der Waals surface area contributed by atoms with Crippen LogP contribution in [0.2, 0.25) is 0 Å². The predicted molar refractivity (Wildman–Crippen MR) is 77.9 cm³/mol. The summed E-state index contributed by atoms with van der Waals surface area (Å²) in [5.74, 6) is -0.227. The van der Waals surface area contributed by atoms with Crippen LogP contribution in [0.25, 0.3) is 0 Å². The second-order valence-corrected chi connectivity index (χ2v) is 5.96. The molecule has 0 aliphatic heterocycles. The molecule has 0 aromatic rings. The lowest BCUT2D eigenvalue weighted by Gasteiger charge is -2.06. The van der Waals surface area contributed by atoms with Gasteiger partial charge in [-0.1, -0.05) is 0 Å². The Kier molecular flexibility index (Phi) is 12.6. The summed E-state index contributed by atoms with van der Waals surface area (Å²) >= 11 is 0. The van der Waals surface area contributed by atoms with Crippen LogP contribution in [0, 0.1) is 0 Å². The Morgan fingerprint density at radius 3 is 1.63 bits per heavy atom. The van der Waals surface area contributed by atoms with E-state index in [9.17, 15) is 8.42 Å². The molecule has 19 heavy (non-hydrogen) atoms. The zero-order valence-corrected chi connectivity index (χ0v) is 12.3.